The standard InChI is InChI=1S/C6H13N3/c1-3-9(2)5-6(8)4-7/h6H,3,5,8H2,1-2H3. The van der Waals surface area contributed by atoms with Crippen LogP contribution in [0, 0.1) is 11.3 Å². The van der Waals surface area contributed by atoms with Gasteiger partial charge < -0.3 is 10.6 Å². The molecule has 2 N–H and O–H groups in total. The average Bonchev–Trinajstić information content (AvgIpc) is 1.87. The fourth-order valence-corrected chi connectivity index (χ4v) is 0.506. The van der Waals surface area contributed by atoms with Crippen LogP contribution in [-0.4, -0.2) is 31.1 Å². The highest BCUT2D eigenvalue weighted by molar-refractivity contribution is 4.88. The second-order valence-corrected chi connectivity index (χ2v) is 2.09. The first kappa shape index (κ1) is 8.41. The average molecular weight is 127 g/mol. The Kier molecular flexibility index (Phi) is 4.02. The molecule has 0 amide bonds. The highest BCUT2D eigenvalue weighted by Crippen LogP contribution is 1.82. The molecule has 3 nitrogen and oxygen atoms in total. The van der Waals surface area contributed by atoms with Gasteiger partial charge in [-0.3, -0.25) is 0 Å². The van der Waals surface area contributed by atoms with Crippen LogP contribution in [-0.2, 0) is 0 Å². The van der Waals surface area contributed by atoms with Gasteiger partial charge in [0.2, 0.25) is 0 Å². The van der Waals surface area contributed by atoms with Gasteiger partial charge in [0, 0.05) is 6.54 Å². The summed E-state index contributed by atoms with van der Waals surface area (Å²) in [5, 5.41) is 8.28. The van der Waals surface area contributed by atoms with Crippen molar-refractivity contribution in [3.63, 3.8) is 0 Å². The molecule has 0 aromatic carbocycles. The molecular formula is C6H13N3. The van der Waals surface area contributed by atoms with E-state index in [1.54, 1.807) is 0 Å². The maximum atomic E-state index is 8.28. The lowest BCUT2D eigenvalue weighted by molar-refractivity contribution is 0.345. The second-order valence-electron chi connectivity index (χ2n) is 2.09. The summed E-state index contributed by atoms with van der Waals surface area (Å²) in [6.07, 6.45) is 0. The Balaban J connectivity index is 3.37. The third-order valence-corrected chi connectivity index (χ3v) is 1.21. The second kappa shape index (κ2) is 4.30. The van der Waals surface area contributed by atoms with Gasteiger partial charge >= 0.3 is 0 Å². The van der Waals surface area contributed by atoms with Crippen molar-refractivity contribution in [3.05, 3.63) is 0 Å². The van der Waals surface area contributed by atoms with Crippen LogP contribution in [0.3, 0.4) is 0 Å². The van der Waals surface area contributed by atoms with Crippen LogP contribution in [0.2, 0.25) is 0 Å². The maximum Gasteiger partial charge on any atom is 0.106 e. The van der Waals surface area contributed by atoms with E-state index in [1.807, 2.05) is 24.9 Å². The Morgan fingerprint density at radius 2 is 2.33 bits per heavy atom. The lowest BCUT2D eigenvalue weighted by atomic mass is 10.3. The molecule has 0 saturated carbocycles. The van der Waals surface area contributed by atoms with Crippen molar-refractivity contribution in [1.29, 1.82) is 5.26 Å². The van der Waals surface area contributed by atoms with Gasteiger partial charge in [0.15, 0.2) is 0 Å². The molecule has 0 aliphatic carbocycles. The van der Waals surface area contributed by atoms with E-state index in [0.29, 0.717) is 6.54 Å². The monoisotopic (exact) mass is 127 g/mol. The van der Waals surface area contributed by atoms with Crippen LogP contribution in [0.4, 0.5) is 0 Å². The molecule has 3 heteroatoms. The van der Waals surface area contributed by atoms with Crippen LogP contribution in [0.25, 0.3) is 0 Å². The van der Waals surface area contributed by atoms with Crippen LogP contribution < -0.4 is 5.73 Å². The van der Waals surface area contributed by atoms with E-state index < -0.39 is 0 Å². The fraction of sp³-hybridized carbons (Fsp3) is 0.833. The normalized spacial score (nSPS) is 13.2. The Morgan fingerprint density at radius 1 is 1.78 bits per heavy atom. The van der Waals surface area contributed by atoms with Crippen molar-refractivity contribution in [2.45, 2.75) is 13.0 Å². The minimum atomic E-state index is -0.338. The molecule has 0 radical (unpaired) electrons. The Hall–Kier alpha value is -0.590. The van der Waals surface area contributed by atoms with Gasteiger partial charge in [0.25, 0.3) is 0 Å². The molecule has 0 fully saturated rings. The van der Waals surface area contributed by atoms with Gasteiger partial charge in [0.1, 0.15) is 6.04 Å². The SMILES string of the molecule is CCN(C)CC(N)C#N. The molecule has 52 valence electrons. The first-order valence-corrected chi connectivity index (χ1v) is 3.04. The molecule has 0 aliphatic rings. The largest absolute Gasteiger partial charge is 0.315 e. The minimum Gasteiger partial charge on any atom is -0.315 e. The van der Waals surface area contributed by atoms with Gasteiger partial charge in [-0.1, -0.05) is 6.92 Å². The lowest BCUT2D eigenvalue weighted by Gasteiger charge is -2.13. The summed E-state index contributed by atoms with van der Waals surface area (Å²) in [6.45, 7) is 3.63. The molecule has 0 spiro atoms. The molecule has 0 rings (SSSR count). The Morgan fingerprint density at radius 3 is 2.67 bits per heavy atom. The summed E-state index contributed by atoms with van der Waals surface area (Å²) < 4.78 is 0. The van der Waals surface area contributed by atoms with E-state index in [2.05, 4.69) is 0 Å². The van der Waals surface area contributed by atoms with E-state index in [0.717, 1.165) is 6.54 Å². The molecule has 0 heterocycles. The van der Waals surface area contributed by atoms with Crippen LogP contribution >= 0.6 is 0 Å². The van der Waals surface area contributed by atoms with E-state index >= 15 is 0 Å². The topological polar surface area (TPSA) is 53.0 Å². The fourth-order valence-electron chi connectivity index (χ4n) is 0.506. The minimum absolute atomic E-state index is 0.338. The first-order chi connectivity index (χ1) is 4.20. The van der Waals surface area contributed by atoms with Gasteiger partial charge in [-0.15, -0.1) is 0 Å². The number of nitrogens with two attached hydrogens (primary N) is 1. The zero-order chi connectivity index (χ0) is 7.28. The third-order valence-electron chi connectivity index (χ3n) is 1.21. The van der Waals surface area contributed by atoms with Gasteiger partial charge in [0.05, 0.1) is 6.07 Å². The molecule has 0 aromatic rings. The van der Waals surface area contributed by atoms with Crippen molar-refractivity contribution in [1.82, 2.24) is 4.90 Å². The summed E-state index contributed by atoms with van der Waals surface area (Å²) in [4.78, 5) is 2.01. The molecule has 1 unspecified atom stereocenters. The van der Waals surface area contributed by atoms with E-state index in [-0.39, 0.29) is 6.04 Å². The maximum absolute atomic E-state index is 8.28. The van der Waals surface area contributed by atoms with Crippen LogP contribution in [0.5, 0.6) is 0 Å². The van der Waals surface area contributed by atoms with Crippen LogP contribution in [0.15, 0.2) is 0 Å². The highest BCUT2D eigenvalue weighted by atomic mass is 15.1. The molecule has 0 aliphatic heterocycles. The molecule has 9 heavy (non-hydrogen) atoms. The Bertz CT molecular complexity index is 105. The number of likely N-dealkylation sites (N-methyl/N-ethyl adjacent to an activating group) is 1. The zero-order valence-electron chi connectivity index (χ0n) is 5.96. The number of hydrogen-bond acceptors (Lipinski definition) is 3. The first-order valence-electron chi connectivity index (χ1n) is 3.04. The Labute approximate surface area is 56.1 Å². The van der Waals surface area contributed by atoms with Crippen molar-refractivity contribution in [2.24, 2.45) is 5.73 Å². The zero-order valence-corrected chi connectivity index (χ0v) is 5.96. The number of hydrogen-bond donors (Lipinski definition) is 1. The van der Waals surface area contributed by atoms with E-state index in [1.165, 1.54) is 0 Å². The van der Waals surface area contributed by atoms with Crippen molar-refractivity contribution in [2.75, 3.05) is 20.1 Å². The molecule has 0 saturated heterocycles. The van der Waals surface area contributed by atoms with Gasteiger partial charge in [-0.05, 0) is 13.6 Å². The quantitative estimate of drug-likeness (QED) is 0.570. The lowest BCUT2D eigenvalue weighted by Crippen LogP contribution is -2.33. The number of nitrogens with zero attached hydrogens (tertiary/aromatic N) is 2. The summed E-state index contributed by atoms with van der Waals surface area (Å²) in [5.41, 5.74) is 5.35. The van der Waals surface area contributed by atoms with E-state index in [9.17, 15) is 0 Å². The molecule has 1 atom stereocenters. The molecule has 0 aromatic heterocycles. The van der Waals surface area contributed by atoms with E-state index in [4.69, 9.17) is 11.0 Å². The van der Waals surface area contributed by atoms with Crippen LogP contribution in [0.1, 0.15) is 6.92 Å². The summed E-state index contributed by atoms with van der Waals surface area (Å²) in [6, 6.07) is 1.63. The highest BCUT2D eigenvalue weighted by Gasteiger charge is 2.01. The van der Waals surface area contributed by atoms with Gasteiger partial charge in [-0.2, -0.15) is 5.26 Å². The smallest absolute Gasteiger partial charge is 0.106 e. The van der Waals surface area contributed by atoms with Crippen molar-refractivity contribution in [3.8, 4) is 6.07 Å². The van der Waals surface area contributed by atoms with Crippen molar-refractivity contribution < 1.29 is 0 Å². The molecular weight excluding hydrogens is 114 g/mol. The molecule has 0 bridgehead atoms. The van der Waals surface area contributed by atoms with Crippen molar-refractivity contribution >= 4 is 0 Å². The predicted octanol–water partition coefficient (Wildman–Crippen LogP) is -0.211. The predicted molar refractivity (Wildman–Crippen MR) is 36.8 cm³/mol. The number of rotatable bonds is 3. The number of nitriles is 1. The summed E-state index contributed by atoms with van der Waals surface area (Å²) >= 11 is 0. The summed E-state index contributed by atoms with van der Waals surface area (Å²) in [5.74, 6) is 0. The van der Waals surface area contributed by atoms with Gasteiger partial charge in [-0.25, -0.2) is 0 Å². The third kappa shape index (κ3) is 3.95. The summed E-state index contributed by atoms with van der Waals surface area (Å²) in [7, 11) is 1.94.